The molecule has 1 atom stereocenters. The lowest BCUT2D eigenvalue weighted by atomic mass is 10.1. The molecule has 3 nitrogen and oxygen atoms in total. The van der Waals surface area contributed by atoms with Gasteiger partial charge in [0.15, 0.2) is 6.10 Å². The van der Waals surface area contributed by atoms with E-state index in [9.17, 15) is 4.79 Å². The molecule has 15 heavy (non-hydrogen) atoms. The van der Waals surface area contributed by atoms with Crippen LogP contribution in [0.5, 0.6) is 0 Å². The molecule has 0 amide bonds. The van der Waals surface area contributed by atoms with E-state index in [1.807, 2.05) is 0 Å². The van der Waals surface area contributed by atoms with Gasteiger partial charge < -0.3 is 9.84 Å². The van der Waals surface area contributed by atoms with Gasteiger partial charge in [-0.1, -0.05) is 46.0 Å². The summed E-state index contributed by atoms with van der Waals surface area (Å²) in [6.45, 7) is 4.40. The third kappa shape index (κ3) is 8.43. The van der Waals surface area contributed by atoms with Crippen LogP contribution in [-0.4, -0.2) is 23.8 Å². The lowest BCUT2D eigenvalue weighted by molar-refractivity contribution is -0.153. The molecular formula is C12H24O3. The van der Waals surface area contributed by atoms with Crippen molar-refractivity contribution in [2.75, 3.05) is 6.61 Å². The number of rotatable bonds is 9. The third-order valence-electron chi connectivity index (χ3n) is 2.40. The topological polar surface area (TPSA) is 46.5 Å². The van der Waals surface area contributed by atoms with E-state index < -0.39 is 12.1 Å². The molecule has 0 saturated heterocycles. The summed E-state index contributed by atoms with van der Waals surface area (Å²) in [6, 6.07) is 0. The third-order valence-corrected chi connectivity index (χ3v) is 2.40. The first kappa shape index (κ1) is 14.4. The highest BCUT2D eigenvalue weighted by Crippen LogP contribution is 2.05. The van der Waals surface area contributed by atoms with Crippen LogP contribution in [0.25, 0.3) is 0 Å². The second kappa shape index (κ2) is 9.97. The van der Waals surface area contributed by atoms with Crippen molar-refractivity contribution in [3.05, 3.63) is 0 Å². The van der Waals surface area contributed by atoms with Crippen LogP contribution in [0.3, 0.4) is 0 Å². The number of carbonyl (C=O) groups is 1. The van der Waals surface area contributed by atoms with Crippen LogP contribution in [0.1, 0.15) is 58.8 Å². The van der Waals surface area contributed by atoms with Crippen molar-refractivity contribution in [2.24, 2.45) is 0 Å². The molecule has 1 N–H and O–H groups in total. The minimum absolute atomic E-state index is 0.426. The fourth-order valence-corrected chi connectivity index (χ4v) is 1.32. The Bertz CT molecular complexity index is 157. The number of carbonyl (C=O) groups excluding carboxylic acids is 1. The van der Waals surface area contributed by atoms with Gasteiger partial charge in [-0.15, -0.1) is 0 Å². The van der Waals surface area contributed by atoms with Gasteiger partial charge in [0.05, 0.1) is 6.61 Å². The van der Waals surface area contributed by atoms with Crippen molar-refractivity contribution in [1.82, 2.24) is 0 Å². The number of hydrogen-bond donors (Lipinski definition) is 1. The van der Waals surface area contributed by atoms with E-state index in [2.05, 4.69) is 6.92 Å². The second-order valence-electron chi connectivity index (χ2n) is 3.86. The molecule has 0 aromatic rings. The molecule has 0 bridgehead atoms. The van der Waals surface area contributed by atoms with Gasteiger partial charge in [-0.2, -0.15) is 0 Å². The van der Waals surface area contributed by atoms with Crippen molar-refractivity contribution >= 4 is 5.97 Å². The van der Waals surface area contributed by atoms with Crippen molar-refractivity contribution in [3.63, 3.8) is 0 Å². The average molecular weight is 216 g/mol. The van der Waals surface area contributed by atoms with Gasteiger partial charge in [-0.3, -0.25) is 0 Å². The fraction of sp³-hybridized carbons (Fsp3) is 0.917. The molecule has 0 rings (SSSR count). The minimum atomic E-state index is -0.940. The molecule has 0 saturated carbocycles. The summed E-state index contributed by atoms with van der Waals surface area (Å²) in [5.74, 6) is -0.481. The first-order valence-corrected chi connectivity index (χ1v) is 6.07. The molecule has 0 aliphatic heterocycles. The lowest BCUT2D eigenvalue weighted by Crippen LogP contribution is -2.22. The Labute approximate surface area is 92.8 Å². The van der Waals surface area contributed by atoms with Gasteiger partial charge >= 0.3 is 5.97 Å². The zero-order valence-corrected chi connectivity index (χ0v) is 10.00. The number of hydrogen-bond acceptors (Lipinski definition) is 3. The maximum atomic E-state index is 11.0. The summed E-state index contributed by atoms with van der Waals surface area (Å²) in [5.41, 5.74) is 0. The summed E-state index contributed by atoms with van der Waals surface area (Å²) in [5, 5.41) is 9.12. The number of aliphatic hydroxyl groups is 1. The summed E-state index contributed by atoms with van der Waals surface area (Å²) in [4.78, 5) is 11.0. The Balaban J connectivity index is 3.20. The number of ether oxygens (including phenoxy) is 1. The van der Waals surface area contributed by atoms with Crippen molar-refractivity contribution in [3.8, 4) is 0 Å². The SMILES string of the molecule is CCCCCCCCOC(=O)[C@@H](O)CC. The van der Waals surface area contributed by atoms with E-state index >= 15 is 0 Å². The predicted octanol–water partition coefficient (Wildman–Crippen LogP) is 2.66. The lowest BCUT2D eigenvalue weighted by Gasteiger charge is -2.08. The number of unbranched alkanes of at least 4 members (excludes halogenated alkanes) is 5. The molecule has 3 heteroatoms. The van der Waals surface area contributed by atoms with Gasteiger partial charge in [0.2, 0.25) is 0 Å². The maximum Gasteiger partial charge on any atom is 0.334 e. The van der Waals surface area contributed by atoms with Gasteiger partial charge in [-0.05, 0) is 12.8 Å². The zero-order valence-electron chi connectivity index (χ0n) is 10.00. The summed E-state index contributed by atoms with van der Waals surface area (Å²) in [6.07, 6.45) is 6.51. The van der Waals surface area contributed by atoms with Crippen LogP contribution in [0.2, 0.25) is 0 Å². The van der Waals surface area contributed by atoms with Crippen LogP contribution >= 0.6 is 0 Å². The van der Waals surface area contributed by atoms with Crippen LogP contribution in [0.4, 0.5) is 0 Å². The summed E-state index contributed by atoms with van der Waals surface area (Å²) < 4.78 is 4.91. The van der Waals surface area contributed by atoms with Gasteiger partial charge in [0.25, 0.3) is 0 Å². The van der Waals surface area contributed by atoms with Crippen molar-refractivity contribution in [2.45, 2.75) is 64.9 Å². The molecule has 0 aliphatic carbocycles. The first-order valence-electron chi connectivity index (χ1n) is 6.07. The smallest absolute Gasteiger partial charge is 0.334 e. The number of esters is 1. The molecular weight excluding hydrogens is 192 g/mol. The zero-order chi connectivity index (χ0) is 11.5. The molecule has 0 aromatic carbocycles. The molecule has 0 fully saturated rings. The molecule has 90 valence electrons. The maximum absolute atomic E-state index is 11.0. The Morgan fingerprint density at radius 3 is 2.33 bits per heavy atom. The largest absolute Gasteiger partial charge is 0.464 e. The summed E-state index contributed by atoms with van der Waals surface area (Å²) >= 11 is 0. The standard InChI is InChI=1S/C12H24O3/c1-3-5-6-7-8-9-10-15-12(14)11(13)4-2/h11,13H,3-10H2,1-2H3/t11-/m0/s1. The molecule has 0 aromatic heterocycles. The highest BCUT2D eigenvalue weighted by Gasteiger charge is 2.12. The molecule has 0 aliphatic rings. The first-order chi connectivity index (χ1) is 7.22. The fourth-order valence-electron chi connectivity index (χ4n) is 1.32. The predicted molar refractivity (Wildman–Crippen MR) is 60.6 cm³/mol. The molecule has 0 unspecified atom stereocenters. The van der Waals surface area contributed by atoms with Crippen LogP contribution < -0.4 is 0 Å². The Morgan fingerprint density at radius 2 is 1.73 bits per heavy atom. The quantitative estimate of drug-likeness (QED) is 0.476. The van der Waals surface area contributed by atoms with E-state index in [1.54, 1.807) is 6.92 Å². The van der Waals surface area contributed by atoms with Gasteiger partial charge in [0, 0.05) is 0 Å². The second-order valence-corrected chi connectivity index (χ2v) is 3.86. The molecule has 0 heterocycles. The van der Waals surface area contributed by atoms with Crippen molar-refractivity contribution in [1.29, 1.82) is 0 Å². The van der Waals surface area contributed by atoms with Crippen LogP contribution in [0, 0.1) is 0 Å². The Kier molecular flexibility index (Phi) is 9.59. The van der Waals surface area contributed by atoms with E-state index in [0.717, 1.165) is 12.8 Å². The van der Waals surface area contributed by atoms with Crippen LogP contribution in [0.15, 0.2) is 0 Å². The van der Waals surface area contributed by atoms with Crippen LogP contribution in [-0.2, 0) is 9.53 Å². The van der Waals surface area contributed by atoms with Crippen molar-refractivity contribution < 1.29 is 14.6 Å². The molecule has 0 spiro atoms. The van der Waals surface area contributed by atoms with E-state index in [0.29, 0.717) is 13.0 Å². The Morgan fingerprint density at radius 1 is 1.13 bits per heavy atom. The van der Waals surface area contributed by atoms with Gasteiger partial charge in [-0.25, -0.2) is 4.79 Å². The molecule has 0 radical (unpaired) electrons. The van der Waals surface area contributed by atoms with E-state index in [1.165, 1.54) is 25.7 Å². The minimum Gasteiger partial charge on any atom is -0.464 e. The highest BCUT2D eigenvalue weighted by molar-refractivity contribution is 5.74. The van der Waals surface area contributed by atoms with E-state index in [4.69, 9.17) is 9.84 Å². The van der Waals surface area contributed by atoms with Gasteiger partial charge in [0.1, 0.15) is 0 Å². The monoisotopic (exact) mass is 216 g/mol. The number of aliphatic hydroxyl groups excluding tert-OH is 1. The highest BCUT2D eigenvalue weighted by atomic mass is 16.5. The summed E-state index contributed by atoms with van der Waals surface area (Å²) in [7, 11) is 0. The Hall–Kier alpha value is -0.570. The van der Waals surface area contributed by atoms with E-state index in [-0.39, 0.29) is 0 Å². The normalized spacial score (nSPS) is 12.5. The average Bonchev–Trinajstić information content (AvgIpc) is 2.26.